The van der Waals surface area contributed by atoms with E-state index < -0.39 is 5.92 Å². The number of hydrogen-bond donors (Lipinski definition) is 1. The Bertz CT molecular complexity index is 1030. The molecule has 176 valence electrons. The molecule has 1 unspecified atom stereocenters. The molecular weight excluding hydrogens is 448 g/mol. The summed E-state index contributed by atoms with van der Waals surface area (Å²) in [6.45, 7) is 3.41. The van der Waals surface area contributed by atoms with Crippen LogP contribution in [0.3, 0.4) is 0 Å². The Morgan fingerprint density at radius 1 is 1.24 bits per heavy atom. The topological polar surface area (TPSA) is 93.2 Å². The van der Waals surface area contributed by atoms with Crippen molar-refractivity contribution in [1.29, 1.82) is 0 Å². The van der Waals surface area contributed by atoms with E-state index in [-0.39, 0.29) is 24.8 Å². The third-order valence-electron chi connectivity index (χ3n) is 5.87. The minimum absolute atomic E-state index is 0.113. The number of benzene rings is 1. The zero-order chi connectivity index (χ0) is 23.4. The van der Waals surface area contributed by atoms with Crippen molar-refractivity contribution in [3.8, 4) is 11.5 Å². The third-order valence-corrected chi connectivity index (χ3v) is 6.17. The van der Waals surface area contributed by atoms with Gasteiger partial charge in [0.15, 0.2) is 0 Å². The first-order valence-electron chi connectivity index (χ1n) is 10.8. The molecular formula is C23H27ClN4O5. The van der Waals surface area contributed by atoms with Crippen LogP contribution >= 0.6 is 11.6 Å². The van der Waals surface area contributed by atoms with Crippen molar-refractivity contribution < 1.29 is 23.8 Å². The maximum atomic E-state index is 12.9. The van der Waals surface area contributed by atoms with Crippen LogP contribution in [-0.4, -0.2) is 63.9 Å². The molecule has 3 heterocycles. The predicted molar refractivity (Wildman–Crippen MR) is 124 cm³/mol. The highest BCUT2D eigenvalue weighted by atomic mass is 35.5. The Kier molecular flexibility index (Phi) is 7.20. The van der Waals surface area contributed by atoms with Crippen molar-refractivity contribution in [2.24, 2.45) is 5.92 Å². The van der Waals surface area contributed by atoms with Crippen LogP contribution in [0.25, 0.3) is 0 Å². The van der Waals surface area contributed by atoms with Crippen molar-refractivity contribution in [2.45, 2.75) is 13.0 Å². The van der Waals surface area contributed by atoms with E-state index in [9.17, 15) is 9.59 Å². The summed E-state index contributed by atoms with van der Waals surface area (Å²) in [5, 5.41) is 3.34. The number of rotatable bonds is 7. The minimum Gasteiger partial charge on any atom is -0.495 e. The zero-order valence-electron chi connectivity index (χ0n) is 18.7. The molecule has 0 spiro atoms. The van der Waals surface area contributed by atoms with E-state index in [2.05, 4.69) is 15.2 Å². The third kappa shape index (κ3) is 4.99. The Labute approximate surface area is 197 Å². The first-order chi connectivity index (χ1) is 16.0. The Balaban J connectivity index is 1.43. The summed E-state index contributed by atoms with van der Waals surface area (Å²) in [4.78, 5) is 33.9. The quantitative estimate of drug-likeness (QED) is 0.657. The molecule has 1 aromatic heterocycles. The van der Waals surface area contributed by atoms with Gasteiger partial charge in [0.2, 0.25) is 11.8 Å². The number of amides is 2. The number of hydrogen-bond acceptors (Lipinski definition) is 7. The largest absolute Gasteiger partial charge is 0.495 e. The number of methoxy groups -OCH3 is 2. The summed E-state index contributed by atoms with van der Waals surface area (Å²) in [6, 6.07) is 7.07. The predicted octanol–water partition coefficient (Wildman–Crippen LogP) is 2.26. The molecule has 4 rings (SSSR count). The summed E-state index contributed by atoms with van der Waals surface area (Å²) in [7, 11) is 3.02. The van der Waals surface area contributed by atoms with E-state index in [0.717, 1.165) is 24.5 Å². The van der Waals surface area contributed by atoms with Gasteiger partial charge in [-0.2, -0.15) is 0 Å². The fraction of sp³-hybridized carbons (Fsp3) is 0.435. The zero-order valence-corrected chi connectivity index (χ0v) is 19.4. The van der Waals surface area contributed by atoms with Gasteiger partial charge < -0.3 is 29.3 Å². The molecule has 9 nitrogen and oxygen atoms in total. The number of ether oxygens (including phenoxy) is 3. The molecule has 2 amide bonds. The number of carbonyl (C=O) groups excluding carboxylic acids is 2. The lowest BCUT2D eigenvalue weighted by Crippen LogP contribution is -2.38. The number of halogens is 1. The number of nitrogens with zero attached hydrogens (tertiary/aromatic N) is 3. The summed E-state index contributed by atoms with van der Waals surface area (Å²) in [6.07, 6.45) is 1.86. The smallest absolute Gasteiger partial charge is 0.227 e. The maximum absolute atomic E-state index is 12.9. The first-order valence-corrected chi connectivity index (χ1v) is 11.2. The first kappa shape index (κ1) is 23.1. The molecule has 2 aliphatic rings. The van der Waals surface area contributed by atoms with Gasteiger partial charge in [-0.05, 0) is 12.1 Å². The highest BCUT2D eigenvalue weighted by Gasteiger charge is 2.36. The summed E-state index contributed by atoms with van der Waals surface area (Å²) in [5.74, 6) is 0.933. The monoisotopic (exact) mass is 474 g/mol. The fourth-order valence-corrected chi connectivity index (χ4v) is 4.36. The summed E-state index contributed by atoms with van der Waals surface area (Å²) in [5.41, 5.74) is 1.45. The van der Waals surface area contributed by atoms with Gasteiger partial charge in [0.1, 0.15) is 17.3 Å². The van der Waals surface area contributed by atoms with Gasteiger partial charge in [-0.1, -0.05) is 17.7 Å². The Morgan fingerprint density at radius 3 is 2.73 bits per heavy atom. The SMILES string of the molecule is COc1cc(OC)c(N2CC(C(=O)NCc3cccnc3N3CCOCC3)CC2=O)cc1Cl. The molecule has 33 heavy (non-hydrogen) atoms. The molecule has 1 aromatic carbocycles. The second kappa shape index (κ2) is 10.3. The van der Waals surface area contributed by atoms with Crippen molar-refractivity contribution in [1.82, 2.24) is 10.3 Å². The van der Waals surface area contributed by atoms with E-state index in [4.69, 9.17) is 25.8 Å². The van der Waals surface area contributed by atoms with Gasteiger partial charge >= 0.3 is 0 Å². The molecule has 1 atom stereocenters. The van der Waals surface area contributed by atoms with Gasteiger partial charge in [0.25, 0.3) is 0 Å². The van der Waals surface area contributed by atoms with E-state index in [1.165, 1.54) is 19.1 Å². The molecule has 0 saturated carbocycles. The van der Waals surface area contributed by atoms with Crippen LogP contribution in [0.4, 0.5) is 11.5 Å². The Morgan fingerprint density at radius 2 is 2.00 bits per heavy atom. The van der Waals surface area contributed by atoms with Gasteiger partial charge in [-0.15, -0.1) is 0 Å². The summed E-state index contributed by atoms with van der Waals surface area (Å²) < 4.78 is 16.1. The van der Waals surface area contributed by atoms with Crippen LogP contribution in [-0.2, 0) is 20.9 Å². The van der Waals surface area contributed by atoms with E-state index in [1.807, 2.05) is 12.1 Å². The van der Waals surface area contributed by atoms with Crippen LogP contribution in [0.1, 0.15) is 12.0 Å². The highest BCUT2D eigenvalue weighted by Crippen LogP contribution is 2.40. The van der Waals surface area contributed by atoms with E-state index in [1.54, 1.807) is 18.3 Å². The lowest BCUT2D eigenvalue weighted by atomic mass is 10.1. The molecule has 2 aliphatic heterocycles. The number of pyridine rings is 1. The van der Waals surface area contributed by atoms with Crippen LogP contribution in [0.2, 0.25) is 5.02 Å². The lowest BCUT2D eigenvalue weighted by molar-refractivity contribution is -0.126. The number of carbonyl (C=O) groups is 2. The average molecular weight is 475 g/mol. The van der Waals surface area contributed by atoms with E-state index in [0.29, 0.717) is 42.0 Å². The molecule has 2 saturated heterocycles. The molecule has 1 N–H and O–H groups in total. The lowest BCUT2D eigenvalue weighted by Gasteiger charge is -2.29. The number of aromatic nitrogens is 1. The number of morpholine rings is 1. The average Bonchev–Trinajstić information content (AvgIpc) is 3.24. The van der Waals surface area contributed by atoms with Crippen LogP contribution in [0.15, 0.2) is 30.5 Å². The maximum Gasteiger partial charge on any atom is 0.227 e. The van der Waals surface area contributed by atoms with Crippen molar-refractivity contribution >= 4 is 34.9 Å². The van der Waals surface area contributed by atoms with E-state index >= 15 is 0 Å². The van der Waals surface area contributed by atoms with Crippen molar-refractivity contribution in [3.05, 3.63) is 41.0 Å². The molecule has 2 fully saturated rings. The van der Waals surface area contributed by atoms with Gasteiger partial charge in [0.05, 0.1) is 44.1 Å². The van der Waals surface area contributed by atoms with Gasteiger partial charge in [0, 0.05) is 50.4 Å². The molecule has 2 aromatic rings. The standard InChI is InChI=1S/C23H27ClN4O5/c1-31-19-12-20(32-2)18(11-17(19)24)28-14-16(10-21(28)29)23(30)26-13-15-4-3-5-25-22(15)27-6-8-33-9-7-27/h3-5,11-12,16H,6-10,13-14H2,1-2H3,(H,26,30). The summed E-state index contributed by atoms with van der Waals surface area (Å²) >= 11 is 6.26. The highest BCUT2D eigenvalue weighted by molar-refractivity contribution is 6.32. The molecule has 0 bridgehead atoms. The second-order valence-corrected chi connectivity index (χ2v) is 8.27. The van der Waals surface area contributed by atoms with Gasteiger partial charge in [-0.25, -0.2) is 4.98 Å². The second-order valence-electron chi connectivity index (χ2n) is 7.87. The minimum atomic E-state index is -0.480. The van der Waals surface area contributed by atoms with Crippen molar-refractivity contribution in [2.75, 3.05) is 56.9 Å². The fourth-order valence-electron chi connectivity index (χ4n) is 4.13. The molecule has 0 aliphatic carbocycles. The number of nitrogens with one attached hydrogen (secondary N) is 1. The normalized spacial score (nSPS) is 18.4. The van der Waals surface area contributed by atoms with Crippen LogP contribution < -0.4 is 24.6 Å². The Hall–Kier alpha value is -3.04. The van der Waals surface area contributed by atoms with Gasteiger partial charge in [-0.3, -0.25) is 9.59 Å². The van der Waals surface area contributed by atoms with Crippen LogP contribution in [0.5, 0.6) is 11.5 Å². The van der Waals surface area contributed by atoms with Crippen molar-refractivity contribution in [3.63, 3.8) is 0 Å². The molecule has 0 radical (unpaired) electrons. The van der Waals surface area contributed by atoms with Crippen LogP contribution in [0, 0.1) is 5.92 Å². The molecule has 10 heteroatoms. The number of anilines is 2.